The number of nitrogens with one attached hydrogen (secondary N) is 1. The number of carbonyl (C=O) groups excluding carboxylic acids is 3. The molecule has 2 N–H and O–H groups in total. The first-order valence-corrected chi connectivity index (χ1v) is 15.8. The van der Waals surface area contributed by atoms with E-state index in [9.17, 15) is 37.5 Å². The molecule has 3 aromatic heterocycles. The maximum atomic E-state index is 14.1. The van der Waals surface area contributed by atoms with Gasteiger partial charge in [-0.2, -0.15) is 22.7 Å². The van der Waals surface area contributed by atoms with Crippen molar-refractivity contribution in [2.45, 2.75) is 33.0 Å². The molecule has 3 amide bonds. The number of aromatic hydroxyl groups is 1. The lowest BCUT2D eigenvalue weighted by atomic mass is 10.2. The lowest BCUT2D eigenvalue weighted by Gasteiger charge is -2.36. The second-order valence-electron chi connectivity index (χ2n) is 11.4. The Bertz CT molecular complexity index is 2060. The maximum absolute atomic E-state index is 14.1. The zero-order valence-corrected chi connectivity index (χ0v) is 27.5. The van der Waals surface area contributed by atoms with Crippen LogP contribution in [-0.2, 0) is 33.5 Å². The molecule has 6 rings (SSSR count). The van der Waals surface area contributed by atoms with Gasteiger partial charge in [0.1, 0.15) is 25.2 Å². The summed E-state index contributed by atoms with van der Waals surface area (Å²) in [5.41, 5.74) is -0.963. The average Bonchev–Trinajstić information content (AvgIpc) is 3.53. The number of fused-ring (bicyclic) bond motifs is 1. The van der Waals surface area contributed by atoms with Gasteiger partial charge < -0.3 is 29.5 Å². The van der Waals surface area contributed by atoms with Crippen LogP contribution in [0.4, 0.5) is 30.5 Å². The van der Waals surface area contributed by atoms with Crippen molar-refractivity contribution in [1.29, 1.82) is 0 Å². The fourth-order valence-electron chi connectivity index (χ4n) is 5.79. The standard InChI is InChI=1S/C30H30ClF3N10O6/c1-3-20-24(40-6-8-41(9-7-40)26(48)23-25(47)16(2)35-15-36-23)27(49)44-29(38-28(39-44)42-10-11-50-14-22(42)46)43(20)13-21(45)37-19-5-4-17(12-18(19)31)30(32,33)34/h4-5,12,15,47H,3,6-11,13-14H2,1-2H3,(H,37,45). The predicted molar refractivity (Wildman–Crippen MR) is 171 cm³/mol. The number of halogens is 4. The third-order valence-electron chi connectivity index (χ3n) is 8.34. The van der Waals surface area contributed by atoms with E-state index in [0.29, 0.717) is 11.8 Å². The number of rotatable bonds is 7. The molecule has 20 heteroatoms. The summed E-state index contributed by atoms with van der Waals surface area (Å²) in [6, 6.07) is 2.53. The van der Waals surface area contributed by atoms with Crippen LogP contribution >= 0.6 is 11.6 Å². The van der Waals surface area contributed by atoms with Crippen LogP contribution < -0.4 is 20.7 Å². The molecule has 2 fully saturated rings. The summed E-state index contributed by atoms with van der Waals surface area (Å²) in [6.45, 7) is 3.64. The van der Waals surface area contributed by atoms with Gasteiger partial charge in [-0.1, -0.05) is 18.5 Å². The van der Waals surface area contributed by atoms with Crippen molar-refractivity contribution in [3.63, 3.8) is 0 Å². The molecule has 0 aliphatic carbocycles. The number of benzene rings is 1. The van der Waals surface area contributed by atoms with Gasteiger partial charge in [-0.3, -0.25) is 24.1 Å². The zero-order valence-electron chi connectivity index (χ0n) is 26.7. The highest BCUT2D eigenvalue weighted by atomic mass is 35.5. The molecule has 0 atom stereocenters. The Morgan fingerprint density at radius 1 is 1.10 bits per heavy atom. The predicted octanol–water partition coefficient (Wildman–Crippen LogP) is 1.89. The minimum absolute atomic E-state index is 0.0537. The number of anilines is 3. The first-order valence-electron chi connectivity index (χ1n) is 15.4. The van der Waals surface area contributed by atoms with Gasteiger partial charge in [0.2, 0.25) is 11.7 Å². The van der Waals surface area contributed by atoms with Crippen molar-refractivity contribution in [1.82, 2.24) is 34.0 Å². The number of hydrogen-bond donors (Lipinski definition) is 2. The smallest absolute Gasteiger partial charge is 0.416 e. The van der Waals surface area contributed by atoms with E-state index in [0.717, 1.165) is 16.6 Å². The van der Waals surface area contributed by atoms with Crippen LogP contribution in [0.15, 0.2) is 29.3 Å². The van der Waals surface area contributed by atoms with Crippen LogP contribution in [0.1, 0.15) is 34.4 Å². The molecule has 264 valence electrons. The normalized spacial score (nSPS) is 15.6. The van der Waals surface area contributed by atoms with E-state index in [1.165, 1.54) is 20.7 Å². The number of ether oxygens (including phenoxy) is 1. The number of aryl methyl sites for hydroxylation is 1. The van der Waals surface area contributed by atoms with Crippen LogP contribution in [0.25, 0.3) is 5.78 Å². The third-order valence-corrected chi connectivity index (χ3v) is 8.65. The molecule has 5 heterocycles. The fraction of sp³-hybridized carbons (Fsp3) is 0.400. The molecule has 2 saturated heterocycles. The zero-order chi connectivity index (χ0) is 35.9. The molecular weight excluding hydrogens is 689 g/mol. The van der Waals surface area contributed by atoms with Gasteiger partial charge in [-0.05, 0) is 31.5 Å². The molecule has 4 aromatic rings. The second kappa shape index (κ2) is 13.5. The lowest BCUT2D eigenvalue weighted by Crippen LogP contribution is -2.51. The summed E-state index contributed by atoms with van der Waals surface area (Å²) in [4.78, 5) is 70.2. The molecule has 2 aliphatic rings. The van der Waals surface area contributed by atoms with Crippen molar-refractivity contribution < 1.29 is 37.4 Å². The van der Waals surface area contributed by atoms with Crippen molar-refractivity contribution in [2.24, 2.45) is 0 Å². The number of hydrogen-bond acceptors (Lipinski definition) is 11. The number of carbonyl (C=O) groups is 3. The van der Waals surface area contributed by atoms with Crippen LogP contribution in [-0.4, -0.2) is 103 Å². The van der Waals surface area contributed by atoms with Gasteiger partial charge >= 0.3 is 6.18 Å². The van der Waals surface area contributed by atoms with Gasteiger partial charge in [0.05, 0.1) is 40.8 Å². The van der Waals surface area contributed by atoms with Gasteiger partial charge in [0, 0.05) is 26.2 Å². The van der Waals surface area contributed by atoms with Gasteiger partial charge in [0.25, 0.3) is 23.3 Å². The lowest BCUT2D eigenvalue weighted by molar-refractivity contribution is -0.137. The van der Waals surface area contributed by atoms with Crippen LogP contribution in [0.5, 0.6) is 5.75 Å². The Labute approximate surface area is 286 Å². The number of nitrogens with zero attached hydrogens (tertiary/aromatic N) is 9. The molecule has 50 heavy (non-hydrogen) atoms. The van der Waals surface area contributed by atoms with Gasteiger partial charge in [-0.15, -0.1) is 5.10 Å². The largest absolute Gasteiger partial charge is 0.504 e. The Balaban J connectivity index is 1.35. The van der Waals surface area contributed by atoms with Crippen molar-refractivity contribution >= 4 is 52.4 Å². The third kappa shape index (κ3) is 6.52. The van der Waals surface area contributed by atoms with Crippen molar-refractivity contribution in [3.05, 3.63) is 62.5 Å². The summed E-state index contributed by atoms with van der Waals surface area (Å²) in [5, 5.41) is 16.9. The van der Waals surface area contributed by atoms with E-state index in [1.807, 2.05) is 0 Å². The molecule has 0 spiro atoms. The molecule has 0 saturated carbocycles. The highest BCUT2D eigenvalue weighted by Crippen LogP contribution is 2.34. The fourth-order valence-corrected chi connectivity index (χ4v) is 6.02. The van der Waals surface area contributed by atoms with E-state index >= 15 is 0 Å². The molecule has 2 aliphatic heterocycles. The summed E-state index contributed by atoms with van der Waals surface area (Å²) >= 11 is 6.08. The minimum atomic E-state index is -4.64. The highest BCUT2D eigenvalue weighted by molar-refractivity contribution is 6.33. The first-order chi connectivity index (χ1) is 23.8. The van der Waals surface area contributed by atoms with Crippen molar-refractivity contribution in [2.75, 3.05) is 61.1 Å². The monoisotopic (exact) mass is 718 g/mol. The van der Waals surface area contributed by atoms with Gasteiger partial charge in [0.15, 0.2) is 11.4 Å². The van der Waals surface area contributed by atoms with Crippen LogP contribution in [0.2, 0.25) is 5.02 Å². The van der Waals surface area contributed by atoms with E-state index in [4.69, 9.17) is 16.3 Å². The van der Waals surface area contributed by atoms with Crippen LogP contribution in [0.3, 0.4) is 0 Å². The number of amides is 3. The number of alkyl halides is 3. The summed E-state index contributed by atoms with van der Waals surface area (Å²) in [6.07, 6.45) is -3.23. The molecular formula is C30H30ClF3N10O6. The first kappa shape index (κ1) is 34.6. The topological polar surface area (TPSA) is 180 Å². The van der Waals surface area contributed by atoms with E-state index in [2.05, 4.69) is 25.4 Å². The quantitative estimate of drug-likeness (QED) is 0.285. The van der Waals surface area contributed by atoms with E-state index in [-0.39, 0.29) is 97.6 Å². The number of aromatic nitrogens is 6. The van der Waals surface area contributed by atoms with E-state index < -0.39 is 41.6 Å². The Kier molecular flexibility index (Phi) is 9.36. The minimum Gasteiger partial charge on any atom is -0.504 e. The molecule has 0 unspecified atom stereocenters. The highest BCUT2D eigenvalue weighted by Gasteiger charge is 2.33. The number of piperazine rings is 1. The molecule has 0 bridgehead atoms. The average molecular weight is 719 g/mol. The van der Waals surface area contributed by atoms with Gasteiger partial charge in [-0.25, -0.2) is 9.97 Å². The Hall–Kier alpha value is -5.30. The van der Waals surface area contributed by atoms with Crippen LogP contribution in [0, 0.1) is 6.92 Å². The Morgan fingerprint density at radius 3 is 2.50 bits per heavy atom. The SMILES string of the molecule is CCc1c(N2CCN(C(=O)c3ncnc(C)c3O)CC2)c(=O)n2nc(N3CCOCC3=O)nc2n1CC(=O)Nc1ccc(C(F)(F)F)cc1Cl. The van der Waals surface area contributed by atoms with E-state index in [1.54, 1.807) is 18.7 Å². The maximum Gasteiger partial charge on any atom is 0.416 e. The second-order valence-corrected chi connectivity index (χ2v) is 11.8. The summed E-state index contributed by atoms with van der Waals surface area (Å²) in [5.74, 6) is -2.08. The summed E-state index contributed by atoms with van der Waals surface area (Å²) < 4.78 is 47.2. The molecule has 16 nitrogen and oxygen atoms in total. The summed E-state index contributed by atoms with van der Waals surface area (Å²) in [7, 11) is 0. The number of morpholine rings is 1. The molecule has 0 radical (unpaired) electrons. The Morgan fingerprint density at radius 2 is 1.84 bits per heavy atom. The van der Waals surface area contributed by atoms with Crippen molar-refractivity contribution in [3.8, 4) is 5.75 Å². The molecule has 1 aromatic carbocycles.